The molecule has 2 aromatic rings. The lowest BCUT2D eigenvalue weighted by Crippen LogP contribution is -2.47. The van der Waals surface area contributed by atoms with Crippen LogP contribution in [0.3, 0.4) is 0 Å². The number of hydrogen-bond donors (Lipinski definition) is 4. The number of rotatable bonds is 14. The van der Waals surface area contributed by atoms with E-state index in [0.717, 1.165) is 11.1 Å². The standard InChI is InChI=1S/C15H20N4O4.C10H14N4O.C9H11NO6/c16-19-17-9-14(20)13(8-11-4-2-1-3-5-11)18-15(21)23-12-6-7-22-10-12;11-9(10(15)7-13-14-12)6-8-4-2-1-3-5-8;11-7-1-2-8(12)10(7)16-9(13)15-6-3-4-14-5-6/h1-5,12-14,20H,6-10H2,(H,18,21);1-5,9-10,15H,6-7,11H2;6H,1-5H2/t12?,13-,14?;9-,10?;6-/m000/s1. The van der Waals surface area contributed by atoms with Crippen molar-refractivity contribution in [2.24, 2.45) is 16.0 Å². The Morgan fingerprint density at radius 3 is 1.83 bits per heavy atom. The van der Waals surface area contributed by atoms with Crippen LogP contribution in [-0.4, -0.2) is 115 Å². The van der Waals surface area contributed by atoms with E-state index in [2.05, 4.69) is 30.2 Å². The zero-order chi connectivity index (χ0) is 39.1. The van der Waals surface area contributed by atoms with Crippen LogP contribution in [0.25, 0.3) is 20.9 Å². The molecule has 5 N–H and O–H groups in total. The van der Waals surface area contributed by atoms with Gasteiger partial charge >= 0.3 is 12.2 Å². The van der Waals surface area contributed by atoms with Crippen molar-refractivity contribution in [3.05, 3.63) is 92.7 Å². The molecule has 0 bridgehead atoms. The van der Waals surface area contributed by atoms with Crippen molar-refractivity contribution in [1.29, 1.82) is 0 Å². The molecule has 3 amide bonds. The summed E-state index contributed by atoms with van der Waals surface area (Å²) in [6.45, 7) is 1.70. The molecule has 0 saturated carbocycles. The number of imide groups is 1. The van der Waals surface area contributed by atoms with Gasteiger partial charge in [-0.25, -0.2) is 9.59 Å². The van der Waals surface area contributed by atoms with E-state index in [1.54, 1.807) is 0 Å². The number of aliphatic hydroxyl groups excluding tert-OH is 2. The maximum Gasteiger partial charge on any atom is 0.534 e. The highest BCUT2D eigenvalue weighted by Crippen LogP contribution is 2.15. The van der Waals surface area contributed by atoms with E-state index in [9.17, 15) is 29.4 Å². The van der Waals surface area contributed by atoms with Gasteiger partial charge in [-0.3, -0.25) is 14.4 Å². The van der Waals surface area contributed by atoms with Gasteiger partial charge in [-0.05, 0) is 35.0 Å². The summed E-state index contributed by atoms with van der Waals surface area (Å²) in [6, 6.07) is 18.1. The van der Waals surface area contributed by atoms with Gasteiger partial charge in [0.1, 0.15) is 12.2 Å². The third-order valence-corrected chi connectivity index (χ3v) is 8.02. The van der Waals surface area contributed by atoms with Gasteiger partial charge in [-0.15, -0.1) is 0 Å². The third-order valence-electron chi connectivity index (χ3n) is 8.02. The zero-order valence-electron chi connectivity index (χ0n) is 29.5. The normalized spacial score (nSPS) is 19.6. The zero-order valence-corrected chi connectivity index (χ0v) is 29.5. The highest BCUT2D eigenvalue weighted by Gasteiger charge is 2.34. The number of hydroxylamine groups is 2. The Kier molecular flexibility index (Phi) is 19.1. The van der Waals surface area contributed by atoms with E-state index in [0.29, 0.717) is 57.2 Å². The number of carbonyl (C=O) groups is 4. The number of nitrogens with zero attached hydrogens (tertiary/aromatic N) is 7. The molecule has 0 spiro atoms. The summed E-state index contributed by atoms with van der Waals surface area (Å²) < 4.78 is 20.2. The van der Waals surface area contributed by atoms with Crippen LogP contribution in [0, 0.1) is 0 Å². The molecule has 6 atom stereocenters. The molecule has 3 heterocycles. The number of alkyl carbamates (subject to hydrolysis) is 1. The summed E-state index contributed by atoms with van der Waals surface area (Å²) in [5.41, 5.74) is 24.2. The molecule has 3 unspecified atom stereocenters. The number of carbonyl (C=O) groups excluding carboxylic acids is 4. The highest BCUT2D eigenvalue weighted by atomic mass is 16.8. The van der Waals surface area contributed by atoms with Crippen molar-refractivity contribution in [3.63, 3.8) is 0 Å². The van der Waals surface area contributed by atoms with Crippen LogP contribution in [0.4, 0.5) is 9.59 Å². The van der Waals surface area contributed by atoms with E-state index >= 15 is 0 Å². The molecule has 292 valence electrons. The second kappa shape index (κ2) is 24.0. The molecule has 20 nitrogen and oxygen atoms in total. The molecule has 0 radical (unpaired) electrons. The van der Waals surface area contributed by atoms with Crippen molar-refractivity contribution in [2.75, 3.05) is 39.5 Å². The fourth-order valence-corrected chi connectivity index (χ4v) is 5.12. The molecule has 3 saturated heterocycles. The molecule has 20 heteroatoms. The first kappa shape index (κ1) is 42.9. The maximum absolute atomic E-state index is 12.0. The van der Waals surface area contributed by atoms with Crippen molar-refractivity contribution in [2.45, 2.75) is 75.0 Å². The molecular weight excluding hydrogens is 710 g/mol. The number of aliphatic hydroxyl groups is 2. The van der Waals surface area contributed by atoms with Crippen LogP contribution in [0.2, 0.25) is 0 Å². The first-order valence-electron chi connectivity index (χ1n) is 17.2. The Hall–Kier alpha value is -5.46. The Balaban J connectivity index is 0.000000225. The lowest BCUT2D eigenvalue weighted by molar-refractivity contribution is -0.178. The second-order valence-electron chi connectivity index (χ2n) is 12.2. The topological polar surface area (TPSA) is 294 Å². The lowest BCUT2D eigenvalue weighted by Gasteiger charge is -2.23. The smallest absolute Gasteiger partial charge is 0.444 e. The predicted octanol–water partition coefficient (Wildman–Crippen LogP) is 3.00. The highest BCUT2D eigenvalue weighted by molar-refractivity contribution is 6.01. The summed E-state index contributed by atoms with van der Waals surface area (Å²) in [7, 11) is 0. The number of hydrogen-bond acceptors (Lipinski definition) is 14. The molecule has 3 aliphatic rings. The van der Waals surface area contributed by atoms with Crippen LogP contribution in [0.5, 0.6) is 0 Å². The van der Waals surface area contributed by atoms with Crippen LogP contribution in [0.15, 0.2) is 70.9 Å². The number of azide groups is 2. The average molecular weight is 756 g/mol. The molecule has 3 aliphatic heterocycles. The van der Waals surface area contributed by atoms with Crippen molar-refractivity contribution < 1.29 is 53.2 Å². The number of nitrogens with one attached hydrogen (secondary N) is 1. The maximum atomic E-state index is 12.0. The monoisotopic (exact) mass is 755 g/mol. The van der Waals surface area contributed by atoms with E-state index < -0.39 is 48.4 Å². The van der Waals surface area contributed by atoms with Gasteiger partial charge in [0.05, 0.1) is 57.8 Å². The van der Waals surface area contributed by atoms with Crippen molar-refractivity contribution in [1.82, 2.24) is 10.4 Å². The minimum Gasteiger partial charge on any atom is -0.444 e. The van der Waals surface area contributed by atoms with Crippen LogP contribution in [0.1, 0.15) is 36.8 Å². The van der Waals surface area contributed by atoms with Crippen molar-refractivity contribution in [3.8, 4) is 0 Å². The Morgan fingerprint density at radius 2 is 1.33 bits per heavy atom. The minimum atomic E-state index is -1.04. The fraction of sp³-hybridized carbons (Fsp3) is 0.529. The van der Waals surface area contributed by atoms with Gasteiger partial charge in [-0.1, -0.05) is 76.0 Å². The quantitative estimate of drug-likeness (QED) is 0.0711. The molecule has 2 aromatic carbocycles. The predicted molar refractivity (Wildman–Crippen MR) is 189 cm³/mol. The summed E-state index contributed by atoms with van der Waals surface area (Å²) in [5.74, 6) is -1.05. The number of ether oxygens (including phenoxy) is 4. The first-order valence-corrected chi connectivity index (χ1v) is 17.2. The summed E-state index contributed by atoms with van der Waals surface area (Å²) in [4.78, 5) is 55.1. The van der Waals surface area contributed by atoms with Gasteiger partial charge in [-0.2, -0.15) is 0 Å². The molecule has 0 aliphatic carbocycles. The van der Waals surface area contributed by atoms with Crippen LogP contribution >= 0.6 is 0 Å². The SMILES string of the molecule is O=C(O[C@H]1CCOC1)ON1C(=O)CCC1=O.[N-]=[N+]=NCC(O)[C@@H](N)Cc1ccccc1.[N-]=[N+]=NCC(O)[C@H](Cc1ccccc1)NC(=O)OC1CCOC1. The van der Waals surface area contributed by atoms with Crippen LogP contribution < -0.4 is 11.1 Å². The summed E-state index contributed by atoms with van der Waals surface area (Å²) >= 11 is 0. The second-order valence-corrected chi connectivity index (χ2v) is 12.2. The van der Waals surface area contributed by atoms with E-state index in [1.165, 1.54) is 0 Å². The van der Waals surface area contributed by atoms with E-state index in [-0.39, 0.29) is 38.1 Å². The van der Waals surface area contributed by atoms with E-state index in [4.69, 9.17) is 35.7 Å². The Morgan fingerprint density at radius 1 is 0.833 bits per heavy atom. The molecule has 0 aromatic heterocycles. The van der Waals surface area contributed by atoms with Gasteiger partial charge in [0.25, 0.3) is 11.8 Å². The Labute approximate surface area is 310 Å². The lowest BCUT2D eigenvalue weighted by atomic mass is 10.0. The first-order chi connectivity index (χ1) is 26.1. The third kappa shape index (κ3) is 16.1. The van der Waals surface area contributed by atoms with Crippen LogP contribution in [-0.2, 0) is 46.2 Å². The molecule has 3 fully saturated rings. The minimum absolute atomic E-state index is 0.0184. The molecule has 54 heavy (non-hydrogen) atoms. The number of nitrogens with two attached hydrogens (primary N) is 1. The van der Waals surface area contributed by atoms with Gasteiger partial charge in [0, 0.05) is 41.5 Å². The molecule has 5 rings (SSSR count). The number of amides is 3. The number of benzene rings is 2. The van der Waals surface area contributed by atoms with Crippen molar-refractivity contribution >= 4 is 24.1 Å². The summed E-state index contributed by atoms with van der Waals surface area (Å²) in [6.07, 6.45) is -1.70. The van der Waals surface area contributed by atoms with Gasteiger partial charge < -0.3 is 40.2 Å². The van der Waals surface area contributed by atoms with Gasteiger partial charge in [0.15, 0.2) is 0 Å². The average Bonchev–Trinajstić information content (AvgIpc) is 3.95. The van der Waals surface area contributed by atoms with Gasteiger partial charge in [0.2, 0.25) is 0 Å². The molecular formula is C34H45N9O11. The Bertz CT molecular complexity index is 1550. The largest absolute Gasteiger partial charge is 0.534 e. The fourth-order valence-electron chi connectivity index (χ4n) is 5.12. The van der Waals surface area contributed by atoms with E-state index in [1.807, 2.05) is 60.7 Å². The summed E-state index contributed by atoms with van der Waals surface area (Å²) in [5, 5.41) is 29.4.